The first-order valence-electron chi connectivity index (χ1n) is 14.0. The minimum absolute atomic E-state index is 0.182. The second kappa shape index (κ2) is 13.4. The van der Waals surface area contributed by atoms with Crippen LogP contribution in [0.2, 0.25) is 0 Å². The molecule has 1 saturated carbocycles. The van der Waals surface area contributed by atoms with Crippen molar-refractivity contribution < 1.29 is 23.9 Å². The molecule has 214 valence electrons. The Labute approximate surface area is 238 Å². The SMILES string of the molecule is N#Cc1cnc(NC(=O)N2CCCc3cc(CN4CCOCC4=C=O)c(C=O)nc32)cc1NCCOC1CCCC1. The molecule has 0 atom stereocenters. The van der Waals surface area contributed by atoms with Crippen molar-refractivity contribution in [2.75, 3.05) is 55.0 Å². The number of pyridine rings is 2. The number of urea groups is 1. The van der Waals surface area contributed by atoms with Crippen LogP contribution in [0.1, 0.15) is 59.3 Å². The number of hydrogen-bond acceptors (Lipinski definition) is 10. The van der Waals surface area contributed by atoms with E-state index in [9.17, 15) is 19.6 Å². The van der Waals surface area contributed by atoms with Crippen molar-refractivity contribution in [3.05, 3.63) is 46.4 Å². The summed E-state index contributed by atoms with van der Waals surface area (Å²) >= 11 is 0. The van der Waals surface area contributed by atoms with Crippen LogP contribution in [0, 0.1) is 11.3 Å². The average molecular weight is 560 g/mol. The second-order valence-corrected chi connectivity index (χ2v) is 10.3. The fraction of sp³-hybridized carbons (Fsp3) is 0.483. The molecule has 0 radical (unpaired) electrons. The molecule has 5 rings (SSSR count). The normalized spacial score (nSPS) is 17.0. The molecule has 2 aromatic heterocycles. The van der Waals surface area contributed by atoms with Gasteiger partial charge in [-0.2, -0.15) is 5.26 Å². The highest BCUT2D eigenvalue weighted by atomic mass is 16.5. The third-order valence-corrected chi connectivity index (χ3v) is 7.57. The largest absolute Gasteiger partial charge is 0.382 e. The van der Waals surface area contributed by atoms with Gasteiger partial charge in [-0.25, -0.2) is 19.6 Å². The molecule has 1 saturated heterocycles. The number of nitrogens with zero attached hydrogens (tertiary/aromatic N) is 5. The number of aryl methyl sites for hydroxylation is 1. The predicted octanol–water partition coefficient (Wildman–Crippen LogP) is 3.06. The molecule has 1 aliphatic carbocycles. The van der Waals surface area contributed by atoms with Gasteiger partial charge in [0, 0.05) is 44.0 Å². The standard InChI is InChI=1S/C29H33N7O5/c30-14-22-15-32-27(13-25(22)31-7-10-41-24-5-1-2-6-24)34-29(39)36-8-3-4-20-12-21(26(18-38)33-28(20)36)16-35-9-11-40-19-23(35)17-37/h12-13,15,18,24H,1-11,16,19H2,(H2,31,32,34,39). The second-order valence-electron chi connectivity index (χ2n) is 10.3. The number of aromatic nitrogens is 2. The Morgan fingerprint density at radius 1 is 1.24 bits per heavy atom. The van der Waals surface area contributed by atoms with Crippen LogP contribution in [0.4, 0.5) is 22.1 Å². The van der Waals surface area contributed by atoms with Crippen LogP contribution in [0.3, 0.4) is 0 Å². The van der Waals surface area contributed by atoms with Crippen molar-refractivity contribution in [3.8, 4) is 6.07 Å². The molecule has 0 bridgehead atoms. The van der Waals surface area contributed by atoms with E-state index in [1.165, 1.54) is 23.9 Å². The first-order valence-corrected chi connectivity index (χ1v) is 14.0. The summed E-state index contributed by atoms with van der Waals surface area (Å²) in [7, 11) is 0. The zero-order valence-corrected chi connectivity index (χ0v) is 22.9. The third kappa shape index (κ3) is 6.72. The van der Waals surface area contributed by atoms with Gasteiger partial charge in [0.15, 0.2) is 6.29 Å². The number of rotatable bonds is 9. The Hall–Kier alpha value is -4.30. The molecular weight excluding hydrogens is 526 g/mol. The van der Waals surface area contributed by atoms with E-state index >= 15 is 0 Å². The number of nitriles is 1. The smallest absolute Gasteiger partial charge is 0.328 e. The quantitative estimate of drug-likeness (QED) is 0.267. The molecular formula is C29H33N7O5. The lowest BCUT2D eigenvalue weighted by Crippen LogP contribution is -2.40. The summed E-state index contributed by atoms with van der Waals surface area (Å²) in [5.41, 5.74) is 3.06. The van der Waals surface area contributed by atoms with Crippen LogP contribution >= 0.6 is 0 Å². The molecule has 12 heteroatoms. The molecule has 41 heavy (non-hydrogen) atoms. The van der Waals surface area contributed by atoms with Gasteiger partial charge in [-0.1, -0.05) is 12.8 Å². The number of nitrogens with one attached hydrogen (secondary N) is 2. The molecule has 2 amide bonds. The van der Waals surface area contributed by atoms with E-state index in [2.05, 4.69) is 26.7 Å². The van der Waals surface area contributed by atoms with Gasteiger partial charge >= 0.3 is 6.03 Å². The number of amides is 2. The fourth-order valence-electron chi connectivity index (χ4n) is 5.43. The molecule has 2 aliphatic heterocycles. The minimum Gasteiger partial charge on any atom is -0.382 e. The highest BCUT2D eigenvalue weighted by Crippen LogP contribution is 2.29. The Balaban J connectivity index is 1.28. The Morgan fingerprint density at radius 2 is 2.10 bits per heavy atom. The lowest BCUT2D eigenvalue weighted by Gasteiger charge is -2.31. The van der Waals surface area contributed by atoms with E-state index in [1.54, 1.807) is 6.07 Å². The van der Waals surface area contributed by atoms with Gasteiger partial charge in [-0.05, 0) is 37.3 Å². The molecule has 4 heterocycles. The van der Waals surface area contributed by atoms with Crippen LogP contribution in [-0.4, -0.2) is 78.7 Å². The lowest BCUT2D eigenvalue weighted by atomic mass is 10.0. The van der Waals surface area contributed by atoms with Crippen molar-refractivity contribution in [2.24, 2.45) is 0 Å². The number of morpholine rings is 1. The number of carbonyl (C=O) groups is 2. The molecule has 0 spiro atoms. The monoisotopic (exact) mass is 559 g/mol. The van der Waals surface area contributed by atoms with E-state index in [1.807, 2.05) is 16.9 Å². The zero-order chi connectivity index (χ0) is 28.6. The van der Waals surface area contributed by atoms with Gasteiger partial charge in [-0.3, -0.25) is 15.0 Å². The number of fused-ring (bicyclic) bond motifs is 1. The summed E-state index contributed by atoms with van der Waals surface area (Å²) in [5.74, 6) is 2.62. The van der Waals surface area contributed by atoms with Gasteiger partial charge in [0.25, 0.3) is 0 Å². The van der Waals surface area contributed by atoms with Crippen LogP contribution in [0.5, 0.6) is 0 Å². The molecule has 0 aromatic carbocycles. The Morgan fingerprint density at radius 3 is 2.88 bits per heavy atom. The fourth-order valence-corrected chi connectivity index (χ4v) is 5.43. The molecule has 2 N–H and O–H groups in total. The minimum atomic E-state index is -0.435. The maximum absolute atomic E-state index is 13.4. The molecule has 2 aromatic rings. The summed E-state index contributed by atoms with van der Waals surface area (Å²) in [6, 6.07) is 5.21. The van der Waals surface area contributed by atoms with E-state index < -0.39 is 6.03 Å². The number of aldehydes is 1. The van der Waals surface area contributed by atoms with Crippen molar-refractivity contribution in [1.82, 2.24) is 14.9 Å². The van der Waals surface area contributed by atoms with Gasteiger partial charge in [-0.15, -0.1) is 0 Å². The number of hydrogen-bond donors (Lipinski definition) is 2. The van der Waals surface area contributed by atoms with E-state index in [0.717, 1.165) is 18.4 Å². The van der Waals surface area contributed by atoms with Crippen LogP contribution in [0.15, 0.2) is 24.0 Å². The van der Waals surface area contributed by atoms with E-state index in [4.69, 9.17) is 9.47 Å². The summed E-state index contributed by atoms with van der Waals surface area (Å²) in [5, 5.41) is 15.5. The highest BCUT2D eigenvalue weighted by Gasteiger charge is 2.27. The maximum atomic E-state index is 13.4. The number of anilines is 3. The Kier molecular flexibility index (Phi) is 9.21. The summed E-state index contributed by atoms with van der Waals surface area (Å²) in [6.07, 6.45) is 8.39. The van der Waals surface area contributed by atoms with E-state index in [-0.39, 0.29) is 18.1 Å². The topological polar surface area (TPSA) is 150 Å². The van der Waals surface area contributed by atoms with Crippen molar-refractivity contribution in [3.63, 3.8) is 0 Å². The van der Waals surface area contributed by atoms with Crippen molar-refractivity contribution in [1.29, 1.82) is 5.26 Å². The molecule has 2 fully saturated rings. The maximum Gasteiger partial charge on any atom is 0.328 e. The third-order valence-electron chi connectivity index (χ3n) is 7.57. The molecule has 3 aliphatic rings. The number of carbonyl (C=O) groups excluding carboxylic acids is 3. The highest BCUT2D eigenvalue weighted by molar-refractivity contribution is 6.01. The van der Waals surface area contributed by atoms with Crippen molar-refractivity contribution in [2.45, 2.75) is 51.2 Å². The van der Waals surface area contributed by atoms with Crippen LogP contribution in [-0.2, 0) is 27.2 Å². The first kappa shape index (κ1) is 28.2. The summed E-state index contributed by atoms with van der Waals surface area (Å²) in [4.78, 5) is 48.8. The number of ether oxygens (including phenoxy) is 2. The van der Waals surface area contributed by atoms with Gasteiger partial charge in [0.1, 0.15) is 35.0 Å². The van der Waals surface area contributed by atoms with Crippen molar-refractivity contribution >= 4 is 35.6 Å². The summed E-state index contributed by atoms with van der Waals surface area (Å²) < 4.78 is 11.2. The first-order chi connectivity index (χ1) is 20.1. The van der Waals surface area contributed by atoms with Crippen LogP contribution < -0.4 is 15.5 Å². The van der Waals surface area contributed by atoms with Gasteiger partial charge in [0.05, 0.1) is 37.2 Å². The van der Waals surface area contributed by atoms with Gasteiger partial charge < -0.3 is 19.7 Å². The average Bonchev–Trinajstić information content (AvgIpc) is 3.52. The zero-order valence-electron chi connectivity index (χ0n) is 22.9. The van der Waals surface area contributed by atoms with E-state index in [0.29, 0.717) is 93.0 Å². The summed E-state index contributed by atoms with van der Waals surface area (Å²) in [6.45, 7) is 2.96. The Bertz CT molecular complexity index is 1380. The van der Waals surface area contributed by atoms with Gasteiger partial charge in [0.2, 0.25) is 0 Å². The lowest BCUT2D eigenvalue weighted by molar-refractivity contribution is 0.0659. The van der Waals surface area contributed by atoms with Crippen LogP contribution in [0.25, 0.3) is 0 Å². The predicted molar refractivity (Wildman–Crippen MR) is 150 cm³/mol. The molecule has 12 nitrogen and oxygen atoms in total. The molecule has 0 unspecified atom stereocenters.